The van der Waals surface area contributed by atoms with Crippen LogP contribution in [0, 0.1) is 18.8 Å². The fourth-order valence-corrected chi connectivity index (χ4v) is 3.11. The lowest BCUT2D eigenvalue weighted by Gasteiger charge is -2.31. The summed E-state index contributed by atoms with van der Waals surface area (Å²) in [6.45, 7) is 6.35. The molecular weight excluding hydrogens is 240 g/mol. The molecule has 0 spiro atoms. The van der Waals surface area contributed by atoms with Gasteiger partial charge in [0.2, 0.25) is 0 Å². The van der Waals surface area contributed by atoms with Gasteiger partial charge in [0.25, 0.3) is 0 Å². The van der Waals surface area contributed by atoms with Gasteiger partial charge in [-0.05, 0) is 61.8 Å². The summed E-state index contributed by atoms with van der Waals surface area (Å²) in [4.78, 5) is 11.0. The van der Waals surface area contributed by atoms with E-state index in [-0.39, 0.29) is 6.10 Å². The van der Waals surface area contributed by atoms with E-state index in [4.69, 9.17) is 9.84 Å². The van der Waals surface area contributed by atoms with Crippen LogP contribution in [0.25, 0.3) is 0 Å². The van der Waals surface area contributed by atoms with E-state index >= 15 is 0 Å². The number of ether oxygens (including phenoxy) is 1. The number of rotatable bonds is 3. The highest BCUT2D eigenvalue weighted by molar-refractivity contribution is 5.89. The molecule has 1 N–H and O–H groups in total. The van der Waals surface area contributed by atoms with Crippen molar-refractivity contribution in [1.82, 2.24) is 0 Å². The van der Waals surface area contributed by atoms with Gasteiger partial charge < -0.3 is 9.84 Å². The lowest BCUT2D eigenvalue weighted by atomic mass is 9.82. The smallest absolute Gasteiger partial charge is 0.335 e. The van der Waals surface area contributed by atoms with E-state index in [1.165, 1.54) is 6.42 Å². The number of benzene rings is 1. The van der Waals surface area contributed by atoms with Crippen molar-refractivity contribution in [1.29, 1.82) is 0 Å². The van der Waals surface area contributed by atoms with Crippen LogP contribution in [0.5, 0.6) is 5.75 Å². The number of aryl methyl sites for hydroxylation is 1. The molecule has 0 amide bonds. The van der Waals surface area contributed by atoms with E-state index in [1.54, 1.807) is 12.1 Å². The summed E-state index contributed by atoms with van der Waals surface area (Å²) in [5.74, 6) is 1.30. The second-order valence-electron chi connectivity index (χ2n) is 5.94. The number of carboxylic acids is 1. The maximum Gasteiger partial charge on any atom is 0.335 e. The number of aromatic carboxylic acids is 1. The minimum Gasteiger partial charge on any atom is -0.490 e. The summed E-state index contributed by atoms with van der Waals surface area (Å²) in [7, 11) is 0. The van der Waals surface area contributed by atoms with Gasteiger partial charge in [-0.3, -0.25) is 0 Å². The Morgan fingerprint density at radius 1 is 1.21 bits per heavy atom. The third-order valence-corrected chi connectivity index (χ3v) is 3.87. The minimum absolute atomic E-state index is 0.258. The van der Waals surface area contributed by atoms with Gasteiger partial charge in [0.1, 0.15) is 5.75 Å². The van der Waals surface area contributed by atoms with Crippen LogP contribution in [-0.2, 0) is 0 Å². The highest BCUT2D eigenvalue weighted by Gasteiger charge is 2.25. The van der Waals surface area contributed by atoms with E-state index in [0.29, 0.717) is 17.4 Å². The molecule has 2 rings (SSSR count). The summed E-state index contributed by atoms with van der Waals surface area (Å²) in [5, 5.41) is 9.01. The Morgan fingerprint density at radius 2 is 1.84 bits per heavy atom. The first-order chi connectivity index (χ1) is 8.95. The third kappa shape index (κ3) is 3.49. The molecule has 0 bridgehead atoms. The molecular formula is C16H22O3. The number of carboxylic acid groups (broad SMARTS) is 1. The molecule has 0 aromatic heterocycles. The molecule has 104 valence electrons. The molecule has 1 fully saturated rings. The summed E-state index contributed by atoms with van der Waals surface area (Å²) in [6.07, 6.45) is 3.71. The second kappa shape index (κ2) is 5.64. The van der Waals surface area contributed by atoms with Gasteiger partial charge in [0, 0.05) is 0 Å². The van der Waals surface area contributed by atoms with Crippen molar-refractivity contribution in [2.45, 2.75) is 46.1 Å². The lowest BCUT2D eigenvalue weighted by molar-refractivity contribution is 0.0696. The molecule has 0 radical (unpaired) electrons. The molecule has 3 heteroatoms. The average molecular weight is 262 g/mol. The lowest BCUT2D eigenvalue weighted by Crippen LogP contribution is -2.28. The predicted octanol–water partition coefficient (Wildman–Crippen LogP) is 3.90. The molecule has 2 unspecified atom stereocenters. The highest BCUT2D eigenvalue weighted by Crippen LogP contribution is 2.31. The summed E-state index contributed by atoms with van der Waals surface area (Å²) in [6, 6.07) is 5.22. The van der Waals surface area contributed by atoms with Gasteiger partial charge in [-0.1, -0.05) is 13.8 Å². The van der Waals surface area contributed by atoms with Crippen LogP contribution in [0.2, 0.25) is 0 Å². The van der Waals surface area contributed by atoms with Gasteiger partial charge in [-0.25, -0.2) is 4.79 Å². The van der Waals surface area contributed by atoms with Crippen LogP contribution in [-0.4, -0.2) is 17.2 Å². The molecule has 2 atom stereocenters. The predicted molar refractivity (Wildman–Crippen MR) is 74.7 cm³/mol. The van der Waals surface area contributed by atoms with Gasteiger partial charge in [-0.15, -0.1) is 0 Å². The first kappa shape index (κ1) is 13.9. The van der Waals surface area contributed by atoms with Crippen LogP contribution < -0.4 is 4.74 Å². The first-order valence-corrected chi connectivity index (χ1v) is 6.96. The maximum absolute atomic E-state index is 11.0. The molecule has 0 heterocycles. The van der Waals surface area contributed by atoms with Crippen molar-refractivity contribution in [2.24, 2.45) is 11.8 Å². The van der Waals surface area contributed by atoms with Crippen LogP contribution >= 0.6 is 0 Å². The molecule has 19 heavy (non-hydrogen) atoms. The number of carbonyl (C=O) groups is 1. The van der Waals surface area contributed by atoms with Crippen molar-refractivity contribution in [3.05, 3.63) is 29.3 Å². The SMILES string of the molecule is Cc1cc(OC2CC(C)CC(C)C2)ccc1C(=O)O. The Hall–Kier alpha value is -1.51. The topological polar surface area (TPSA) is 46.5 Å². The molecule has 1 saturated carbocycles. The largest absolute Gasteiger partial charge is 0.490 e. The zero-order valence-corrected chi connectivity index (χ0v) is 11.8. The van der Waals surface area contributed by atoms with Crippen LogP contribution in [0.1, 0.15) is 49.0 Å². The zero-order valence-electron chi connectivity index (χ0n) is 11.8. The fraction of sp³-hybridized carbons (Fsp3) is 0.562. The van der Waals surface area contributed by atoms with Crippen LogP contribution in [0.15, 0.2) is 18.2 Å². The zero-order chi connectivity index (χ0) is 14.0. The summed E-state index contributed by atoms with van der Waals surface area (Å²) < 4.78 is 6.02. The molecule has 1 aliphatic carbocycles. The van der Waals surface area contributed by atoms with Crippen LogP contribution in [0.4, 0.5) is 0 Å². The number of hydrogen-bond acceptors (Lipinski definition) is 2. The average Bonchev–Trinajstić information content (AvgIpc) is 2.26. The Balaban J connectivity index is 2.07. The van der Waals surface area contributed by atoms with Gasteiger partial charge in [-0.2, -0.15) is 0 Å². The fourth-order valence-electron chi connectivity index (χ4n) is 3.11. The summed E-state index contributed by atoms with van der Waals surface area (Å²) in [5.41, 5.74) is 1.10. The monoisotopic (exact) mass is 262 g/mol. The van der Waals surface area contributed by atoms with Gasteiger partial charge >= 0.3 is 5.97 Å². The normalized spacial score (nSPS) is 27.0. The molecule has 1 aromatic rings. The quantitative estimate of drug-likeness (QED) is 0.898. The molecule has 1 aliphatic rings. The molecule has 1 aromatic carbocycles. The first-order valence-electron chi connectivity index (χ1n) is 6.96. The molecule has 0 saturated heterocycles. The van der Waals surface area contributed by atoms with Gasteiger partial charge in [0.05, 0.1) is 11.7 Å². The Morgan fingerprint density at radius 3 is 2.37 bits per heavy atom. The Labute approximate surface area is 114 Å². The minimum atomic E-state index is -0.885. The summed E-state index contributed by atoms with van der Waals surface area (Å²) >= 11 is 0. The maximum atomic E-state index is 11.0. The van der Waals surface area contributed by atoms with E-state index in [0.717, 1.165) is 24.2 Å². The Bertz CT molecular complexity index is 457. The van der Waals surface area contributed by atoms with Crippen molar-refractivity contribution in [3.63, 3.8) is 0 Å². The van der Waals surface area contributed by atoms with E-state index in [2.05, 4.69) is 13.8 Å². The van der Waals surface area contributed by atoms with Crippen molar-refractivity contribution >= 4 is 5.97 Å². The molecule has 0 aliphatic heterocycles. The molecule has 3 nitrogen and oxygen atoms in total. The third-order valence-electron chi connectivity index (χ3n) is 3.87. The second-order valence-corrected chi connectivity index (χ2v) is 5.94. The van der Waals surface area contributed by atoms with Crippen molar-refractivity contribution in [3.8, 4) is 5.75 Å². The Kier molecular flexibility index (Phi) is 4.13. The van der Waals surface area contributed by atoms with E-state index < -0.39 is 5.97 Å². The van der Waals surface area contributed by atoms with Crippen molar-refractivity contribution < 1.29 is 14.6 Å². The highest BCUT2D eigenvalue weighted by atomic mass is 16.5. The van der Waals surface area contributed by atoms with E-state index in [1.807, 2.05) is 13.0 Å². The standard InChI is InChI=1S/C16H22O3/c1-10-6-11(2)8-14(7-10)19-13-4-5-15(16(17)18)12(3)9-13/h4-5,9-11,14H,6-8H2,1-3H3,(H,17,18). The van der Waals surface area contributed by atoms with Gasteiger partial charge in [0.15, 0.2) is 0 Å². The number of hydrogen-bond donors (Lipinski definition) is 1. The van der Waals surface area contributed by atoms with Crippen molar-refractivity contribution in [2.75, 3.05) is 0 Å². The van der Waals surface area contributed by atoms with E-state index in [9.17, 15) is 4.79 Å². The van der Waals surface area contributed by atoms with Crippen LogP contribution in [0.3, 0.4) is 0 Å².